The Balaban J connectivity index is 2.22. The lowest BCUT2D eigenvalue weighted by molar-refractivity contribution is 0.185. The van der Waals surface area contributed by atoms with Crippen LogP contribution < -0.4 is 0 Å². The highest BCUT2D eigenvalue weighted by Gasteiger charge is 2.00. The van der Waals surface area contributed by atoms with E-state index in [9.17, 15) is 0 Å². The van der Waals surface area contributed by atoms with Crippen LogP contribution in [-0.2, 0) is 22.7 Å². The van der Waals surface area contributed by atoms with E-state index in [1.807, 2.05) is 0 Å². The maximum Gasteiger partial charge on any atom is 0.0713 e. The van der Waals surface area contributed by atoms with Gasteiger partial charge in [0.1, 0.15) is 0 Å². The second-order valence-corrected chi connectivity index (χ2v) is 4.26. The minimum atomic E-state index is 0.648. The lowest BCUT2D eigenvalue weighted by atomic mass is 10.0. The minimum absolute atomic E-state index is 0.648. The van der Waals surface area contributed by atoms with Gasteiger partial charge in [-0.3, -0.25) is 0 Å². The second kappa shape index (κ2) is 6.34. The van der Waals surface area contributed by atoms with E-state index >= 15 is 0 Å². The van der Waals surface area contributed by atoms with Gasteiger partial charge in [-0.15, -0.1) is 0 Å². The molecular formula is C16H18O2. The Hall–Kier alpha value is -1.64. The Kier molecular flexibility index (Phi) is 4.51. The van der Waals surface area contributed by atoms with E-state index in [0.717, 1.165) is 0 Å². The van der Waals surface area contributed by atoms with E-state index < -0.39 is 0 Å². The Morgan fingerprint density at radius 2 is 1.39 bits per heavy atom. The molecule has 0 N–H and O–H groups in total. The van der Waals surface area contributed by atoms with Crippen molar-refractivity contribution in [3.63, 3.8) is 0 Å². The Morgan fingerprint density at radius 1 is 0.722 bits per heavy atom. The van der Waals surface area contributed by atoms with Crippen LogP contribution in [0.4, 0.5) is 0 Å². The zero-order valence-corrected chi connectivity index (χ0v) is 10.8. The highest BCUT2D eigenvalue weighted by molar-refractivity contribution is 5.64. The summed E-state index contributed by atoms with van der Waals surface area (Å²) in [6, 6.07) is 16.9. The van der Waals surface area contributed by atoms with Crippen LogP contribution in [0.25, 0.3) is 11.1 Å². The quantitative estimate of drug-likeness (QED) is 0.796. The van der Waals surface area contributed by atoms with Crippen molar-refractivity contribution >= 4 is 0 Å². The number of methoxy groups -OCH3 is 2. The predicted octanol–water partition coefficient (Wildman–Crippen LogP) is 3.65. The first-order chi connectivity index (χ1) is 8.83. The fraction of sp³-hybridized carbons (Fsp3) is 0.250. The topological polar surface area (TPSA) is 18.5 Å². The summed E-state index contributed by atoms with van der Waals surface area (Å²) in [6.45, 7) is 1.31. The summed E-state index contributed by atoms with van der Waals surface area (Å²) < 4.78 is 10.3. The summed E-state index contributed by atoms with van der Waals surface area (Å²) >= 11 is 0. The van der Waals surface area contributed by atoms with Gasteiger partial charge in [0.25, 0.3) is 0 Å². The summed E-state index contributed by atoms with van der Waals surface area (Å²) in [6.07, 6.45) is 0. The molecule has 0 aliphatic heterocycles. The van der Waals surface area contributed by atoms with Gasteiger partial charge in [0, 0.05) is 14.2 Å². The lowest BCUT2D eigenvalue weighted by Crippen LogP contribution is -1.89. The van der Waals surface area contributed by atoms with Crippen molar-refractivity contribution in [3.8, 4) is 11.1 Å². The first kappa shape index (κ1) is 12.8. The van der Waals surface area contributed by atoms with Gasteiger partial charge in [-0.05, 0) is 28.3 Å². The van der Waals surface area contributed by atoms with Gasteiger partial charge in [0.05, 0.1) is 13.2 Å². The number of hydrogen-bond donors (Lipinski definition) is 0. The van der Waals surface area contributed by atoms with Crippen LogP contribution in [0.1, 0.15) is 11.1 Å². The summed E-state index contributed by atoms with van der Waals surface area (Å²) in [5, 5.41) is 0. The second-order valence-electron chi connectivity index (χ2n) is 4.26. The summed E-state index contributed by atoms with van der Waals surface area (Å²) in [7, 11) is 3.42. The minimum Gasteiger partial charge on any atom is -0.380 e. The van der Waals surface area contributed by atoms with Gasteiger partial charge >= 0.3 is 0 Å². The van der Waals surface area contributed by atoms with E-state index in [1.54, 1.807) is 14.2 Å². The number of ether oxygens (including phenoxy) is 2. The smallest absolute Gasteiger partial charge is 0.0713 e. The van der Waals surface area contributed by atoms with Crippen LogP contribution >= 0.6 is 0 Å². The van der Waals surface area contributed by atoms with E-state index in [1.165, 1.54) is 22.3 Å². The molecule has 2 aromatic rings. The molecule has 2 rings (SSSR count). The fourth-order valence-corrected chi connectivity index (χ4v) is 1.97. The molecule has 0 aromatic heterocycles. The fourth-order valence-electron chi connectivity index (χ4n) is 1.97. The highest BCUT2D eigenvalue weighted by Crippen LogP contribution is 2.21. The van der Waals surface area contributed by atoms with Crippen LogP contribution in [0.15, 0.2) is 48.5 Å². The molecule has 0 saturated carbocycles. The number of hydrogen-bond acceptors (Lipinski definition) is 2. The molecule has 0 spiro atoms. The van der Waals surface area contributed by atoms with E-state index in [-0.39, 0.29) is 0 Å². The van der Waals surface area contributed by atoms with Gasteiger partial charge < -0.3 is 9.47 Å². The normalized spacial score (nSPS) is 10.6. The summed E-state index contributed by atoms with van der Waals surface area (Å²) in [5.41, 5.74) is 4.81. The van der Waals surface area contributed by atoms with Gasteiger partial charge in [-0.25, -0.2) is 0 Å². The van der Waals surface area contributed by atoms with Crippen LogP contribution in [-0.4, -0.2) is 14.2 Å². The maximum atomic E-state index is 5.15. The molecule has 2 aromatic carbocycles. The van der Waals surface area contributed by atoms with Crippen molar-refractivity contribution in [1.29, 1.82) is 0 Å². The van der Waals surface area contributed by atoms with Gasteiger partial charge in [-0.1, -0.05) is 42.5 Å². The zero-order chi connectivity index (χ0) is 12.8. The average molecular weight is 242 g/mol. The average Bonchev–Trinajstić information content (AvgIpc) is 2.41. The molecule has 0 fully saturated rings. The molecule has 0 bridgehead atoms. The maximum absolute atomic E-state index is 5.15. The Morgan fingerprint density at radius 3 is 2.06 bits per heavy atom. The third-order valence-corrected chi connectivity index (χ3v) is 2.84. The van der Waals surface area contributed by atoms with Crippen molar-refractivity contribution in [2.45, 2.75) is 13.2 Å². The van der Waals surface area contributed by atoms with Crippen LogP contribution in [0.3, 0.4) is 0 Å². The van der Waals surface area contributed by atoms with Crippen LogP contribution in [0.5, 0.6) is 0 Å². The number of benzene rings is 2. The van der Waals surface area contributed by atoms with Crippen molar-refractivity contribution in [3.05, 3.63) is 59.7 Å². The van der Waals surface area contributed by atoms with Crippen LogP contribution in [0.2, 0.25) is 0 Å². The van der Waals surface area contributed by atoms with Gasteiger partial charge in [0.2, 0.25) is 0 Å². The molecule has 94 valence electrons. The van der Waals surface area contributed by atoms with Gasteiger partial charge in [0.15, 0.2) is 0 Å². The Labute approximate surface area is 108 Å². The molecule has 0 saturated heterocycles. The molecule has 0 amide bonds. The lowest BCUT2D eigenvalue weighted by Gasteiger charge is -2.06. The third-order valence-electron chi connectivity index (χ3n) is 2.84. The third kappa shape index (κ3) is 3.19. The molecule has 0 aliphatic carbocycles. The standard InChI is InChI=1S/C16H18O2/c1-17-11-13-6-8-15(9-7-13)16-5-3-4-14(10-16)12-18-2/h3-10H,11-12H2,1-2H3. The molecule has 0 radical (unpaired) electrons. The monoisotopic (exact) mass is 242 g/mol. The largest absolute Gasteiger partial charge is 0.380 e. The van der Waals surface area contributed by atoms with Gasteiger partial charge in [-0.2, -0.15) is 0 Å². The van der Waals surface area contributed by atoms with Crippen molar-refractivity contribution in [2.24, 2.45) is 0 Å². The Bertz CT molecular complexity index is 489. The van der Waals surface area contributed by atoms with E-state index in [4.69, 9.17) is 9.47 Å². The number of rotatable bonds is 5. The first-order valence-electron chi connectivity index (χ1n) is 5.99. The molecule has 0 heterocycles. The molecule has 18 heavy (non-hydrogen) atoms. The first-order valence-corrected chi connectivity index (χ1v) is 5.99. The predicted molar refractivity (Wildman–Crippen MR) is 73.3 cm³/mol. The van der Waals surface area contributed by atoms with Crippen molar-refractivity contribution in [1.82, 2.24) is 0 Å². The molecular weight excluding hydrogens is 224 g/mol. The molecule has 0 atom stereocenters. The summed E-state index contributed by atoms with van der Waals surface area (Å²) in [5.74, 6) is 0. The highest BCUT2D eigenvalue weighted by atomic mass is 16.5. The van der Waals surface area contributed by atoms with Crippen LogP contribution in [0, 0.1) is 0 Å². The SMILES string of the molecule is COCc1ccc(-c2cccc(COC)c2)cc1. The van der Waals surface area contributed by atoms with Crippen molar-refractivity contribution in [2.75, 3.05) is 14.2 Å². The zero-order valence-electron chi connectivity index (χ0n) is 10.8. The molecule has 0 unspecified atom stereocenters. The molecule has 0 aliphatic rings. The summed E-state index contributed by atoms with van der Waals surface area (Å²) in [4.78, 5) is 0. The molecule has 2 nitrogen and oxygen atoms in total. The molecule has 2 heteroatoms. The van der Waals surface area contributed by atoms with E-state index in [0.29, 0.717) is 13.2 Å². The van der Waals surface area contributed by atoms with E-state index in [2.05, 4.69) is 48.5 Å². The van der Waals surface area contributed by atoms with Crippen molar-refractivity contribution < 1.29 is 9.47 Å².